The fourth-order valence-corrected chi connectivity index (χ4v) is 3.77. The number of Topliss-reactive ketones (excluding diaryl/α,β-unsaturated/α-hetero) is 1. The Balaban J connectivity index is 1.47. The molecule has 1 amide bonds. The fraction of sp³-hybridized carbons (Fsp3) is 0.261. The predicted octanol–water partition coefficient (Wildman–Crippen LogP) is 4.52. The lowest BCUT2D eigenvalue weighted by Crippen LogP contribution is -2.40. The summed E-state index contributed by atoms with van der Waals surface area (Å²) >= 11 is 0. The minimum absolute atomic E-state index is 0.00299. The highest BCUT2D eigenvalue weighted by Crippen LogP contribution is 2.29. The Labute approximate surface area is 168 Å². The van der Waals surface area contributed by atoms with Crippen LogP contribution < -0.4 is 0 Å². The fourth-order valence-electron chi connectivity index (χ4n) is 3.77. The molecule has 1 aromatic heterocycles. The van der Waals surface area contributed by atoms with Crippen LogP contribution in [-0.2, 0) is 0 Å². The number of hydrogen-bond donors (Lipinski definition) is 0. The second-order valence-electron chi connectivity index (χ2n) is 7.27. The van der Waals surface area contributed by atoms with E-state index in [2.05, 4.69) is 5.16 Å². The lowest BCUT2D eigenvalue weighted by atomic mass is 9.88. The van der Waals surface area contributed by atoms with E-state index in [0.717, 1.165) is 5.56 Å². The maximum Gasteiger partial charge on any atom is 0.259 e. The summed E-state index contributed by atoms with van der Waals surface area (Å²) in [7, 11) is 0. The van der Waals surface area contributed by atoms with Gasteiger partial charge >= 0.3 is 0 Å². The molecule has 0 spiro atoms. The topological polar surface area (TPSA) is 63.4 Å². The molecule has 2 aromatic carbocycles. The van der Waals surface area contributed by atoms with Crippen LogP contribution in [0.5, 0.6) is 0 Å². The predicted molar refractivity (Wildman–Crippen MR) is 106 cm³/mol. The number of likely N-dealkylation sites (tertiary alicyclic amines) is 1. The van der Waals surface area contributed by atoms with Crippen molar-refractivity contribution in [1.82, 2.24) is 10.1 Å². The molecule has 6 heteroatoms. The van der Waals surface area contributed by atoms with Crippen LogP contribution in [0.4, 0.5) is 4.39 Å². The molecule has 0 unspecified atom stereocenters. The van der Waals surface area contributed by atoms with Crippen molar-refractivity contribution in [3.05, 3.63) is 77.3 Å². The minimum atomic E-state index is -0.361. The Bertz CT molecular complexity index is 1020. The number of amides is 1. The van der Waals surface area contributed by atoms with Gasteiger partial charge in [0.25, 0.3) is 5.91 Å². The molecule has 0 aliphatic carbocycles. The van der Waals surface area contributed by atoms with Crippen LogP contribution in [0.2, 0.25) is 0 Å². The number of carbonyl (C=O) groups is 2. The van der Waals surface area contributed by atoms with E-state index in [-0.39, 0.29) is 23.4 Å². The first kappa shape index (κ1) is 19.1. The summed E-state index contributed by atoms with van der Waals surface area (Å²) in [5.74, 6) is -0.168. The van der Waals surface area contributed by atoms with Crippen molar-refractivity contribution in [2.75, 3.05) is 13.1 Å². The van der Waals surface area contributed by atoms with E-state index in [0.29, 0.717) is 48.5 Å². The van der Waals surface area contributed by atoms with Crippen molar-refractivity contribution in [3.8, 4) is 11.3 Å². The molecule has 5 nitrogen and oxygen atoms in total. The second-order valence-corrected chi connectivity index (χ2v) is 7.27. The van der Waals surface area contributed by atoms with E-state index in [9.17, 15) is 14.0 Å². The maximum atomic E-state index is 13.2. The number of piperidine rings is 1. The molecule has 1 saturated heterocycles. The molecule has 29 heavy (non-hydrogen) atoms. The molecule has 1 aliphatic heterocycles. The standard InChI is InChI=1S/C23H21FN2O3/c1-15-20(21(25-29-15)16-5-3-2-4-6-16)23(28)26-13-11-18(12-14-26)22(27)17-7-9-19(24)10-8-17/h2-10,18H,11-14H2,1H3. The quantitative estimate of drug-likeness (QED) is 0.612. The van der Waals surface area contributed by atoms with Crippen molar-refractivity contribution in [2.24, 2.45) is 5.92 Å². The number of aromatic nitrogens is 1. The molecular weight excluding hydrogens is 371 g/mol. The lowest BCUT2D eigenvalue weighted by molar-refractivity contribution is 0.0649. The van der Waals surface area contributed by atoms with Crippen LogP contribution in [0.15, 0.2) is 59.1 Å². The van der Waals surface area contributed by atoms with Crippen molar-refractivity contribution in [1.29, 1.82) is 0 Å². The summed E-state index contributed by atoms with van der Waals surface area (Å²) in [6.45, 7) is 2.70. The minimum Gasteiger partial charge on any atom is -0.360 e. The number of hydrogen-bond acceptors (Lipinski definition) is 4. The Morgan fingerprint density at radius 2 is 1.69 bits per heavy atom. The van der Waals surface area contributed by atoms with Crippen molar-refractivity contribution < 1.29 is 18.5 Å². The molecule has 1 aliphatic rings. The van der Waals surface area contributed by atoms with E-state index < -0.39 is 0 Å². The van der Waals surface area contributed by atoms with Gasteiger partial charge in [0.05, 0.1) is 0 Å². The number of aryl methyl sites for hydroxylation is 1. The lowest BCUT2D eigenvalue weighted by Gasteiger charge is -2.31. The molecule has 3 aromatic rings. The van der Waals surface area contributed by atoms with Gasteiger partial charge in [0.1, 0.15) is 22.8 Å². The average molecular weight is 392 g/mol. The van der Waals surface area contributed by atoms with Crippen molar-refractivity contribution in [2.45, 2.75) is 19.8 Å². The van der Waals surface area contributed by atoms with E-state index in [1.54, 1.807) is 11.8 Å². The molecule has 0 bridgehead atoms. The Hall–Kier alpha value is -3.28. The van der Waals surface area contributed by atoms with Crippen LogP contribution in [0.25, 0.3) is 11.3 Å². The summed E-state index contributed by atoms with van der Waals surface area (Å²) < 4.78 is 18.4. The number of benzene rings is 2. The van der Waals surface area contributed by atoms with Gasteiger partial charge in [-0.3, -0.25) is 9.59 Å². The average Bonchev–Trinajstić information content (AvgIpc) is 3.15. The molecule has 0 atom stereocenters. The Morgan fingerprint density at radius 1 is 1.03 bits per heavy atom. The van der Waals surface area contributed by atoms with Crippen molar-refractivity contribution >= 4 is 11.7 Å². The van der Waals surface area contributed by atoms with Gasteiger partial charge in [0, 0.05) is 30.1 Å². The second kappa shape index (κ2) is 7.99. The van der Waals surface area contributed by atoms with E-state index in [4.69, 9.17) is 4.52 Å². The van der Waals surface area contributed by atoms with E-state index >= 15 is 0 Å². The molecule has 1 fully saturated rings. The SMILES string of the molecule is Cc1onc(-c2ccccc2)c1C(=O)N1CCC(C(=O)c2ccc(F)cc2)CC1. The van der Waals surface area contributed by atoms with Gasteiger partial charge in [-0.2, -0.15) is 0 Å². The molecule has 0 saturated carbocycles. The largest absolute Gasteiger partial charge is 0.360 e. The smallest absolute Gasteiger partial charge is 0.259 e. The van der Waals surface area contributed by atoms with Crippen LogP contribution in [0.1, 0.15) is 39.3 Å². The first-order valence-electron chi connectivity index (χ1n) is 9.65. The van der Waals surface area contributed by atoms with Gasteiger partial charge < -0.3 is 9.42 Å². The summed E-state index contributed by atoms with van der Waals surface area (Å²) in [5, 5.41) is 4.08. The van der Waals surface area contributed by atoms with Crippen LogP contribution >= 0.6 is 0 Å². The molecule has 0 N–H and O–H groups in total. The zero-order valence-electron chi connectivity index (χ0n) is 16.1. The zero-order valence-corrected chi connectivity index (χ0v) is 16.1. The summed E-state index contributed by atoms with van der Waals surface area (Å²) in [6.07, 6.45) is 1.15. The monoisotopic (exact) mass is 392 g/mol. The Kier molecular flexibility index (Phi) is 5.25. The Morgan fingerprint density at radius 3 is 2.34 bits per heavy atom. The third kappa shape index (κ3) is 3.83. The van der Waals surface area contributed by atoms with Gasteiger partial charge in [-0.1, -0.05) is 35.5 Å². The third-order valence-corrected chi connectivity index (χ3v) is 5.41. The zero-order chi connectivity index (χ0) is 20.4. The van der Waals surface area contributed by atoms with Gasteiger partial charge in [-0.15, -0.1) is 0 Å². The van der Waals surface area contributed by atoms with Gasteiger partial charge in [0.2, 0.25) is 0 Å². The van der Waals surface area contributed by atoms with E-state index in [1.165, 1.54) is 24.3 Å². The highest BCUT2D eigenvalue weighted by Gasteiger charge is 2.31. The first-order valence-corrected chi connectivity index (χ1v) is 9.65. The summed E-state index contributed by atoms with van der Waals surface area (Å²) in [6, 6.07) is 15.1. The highest BCUT2D eigenvalue weighted by molar-refractivity contribution is 6.01. The van der Waals surface area contributed by atoms with Crippen LogP contribution in [0, 0.1) is 18.7 Å². The molecular formula is C23H21FN2O3. The van der Waals surface area contributed by atoms with Crippen LogP contribution in [0.3, 0.4) is 0 Å². The first-order chi connectivity index (χ1) is 14.0. The molecule has 0 radical (unpaired) electrons. The van der Waals surface area contributed by atoms with Crippen molar-refractivity contribution in [3.63, 3.8) is 0 Å². The number of nitrogens with zero attached hydrogens (tertiary/aromatic N) is 2. The van der Waals surface area contributed by atoms with Gasteiger partial charge in [0.15, 0.2) is 5.78 Å². The number of carbonyl (C=O) groups excluding carboxylic acids is 2. The number of halogens is 1. The molecule has 4 rings (SSSR count). The summed E-state index contributed by atoms with van der Waals surface area (Å²) in [5.41, 5.74) is 2.35. The van der Waals surface area contributed by atoms with Gasteiger partial charge in [-0.25, -0.2) is 4.39 Å². The third-order valence-electron chi connectivity index (χ3n) is 5.41. The highest BCUT2D eigenvalue weighted by atomic mass is 19.1. The number of rotatable bonds is 4. The maximum absolute atomic E-state index is 13.2. The molecule has 148 valence electrons. The van der Waals surface area contributed by atoms with Crippen LogP contribution in [-0.4, -0.2) is 34.8 Å². The van der Waals surface area contributed by atoms with E-state index in [1.807, 2.05) is 30.3 Å². The van der Waals surface area contributed by atoms with Gasteiger partial charge in [-0.05, 0) is 44.0 Å². The molecule has 2 heterocycles. The summed E-state index contributed by atoms with van der Waals surface area (Å²) in [4.78, 5) is 27.6. The number of ketones is 1. The normalized spacial score (nSPS) is 14.8.